The zero-order valence-corrected chi connectivity index (χ0v) is 26.5. The molecule has 0 bridgehead atoms. The summed E-state index contributed by atoms with van der Waals surface area (Å²) in [5, 5.41) is 3.48. The lowest BCUT2D eigenvalue weighted by Gasteiger charge is -2.34. The number of likely N-dealkylation sites (tertiary alicyclic amines) is 1. The lowest BCUT2D eigenvalue weighted by Crippen LogP contribution is -2.43. The van der Waals surface area contributed by atoms with E-state index in [1.54, 1.807) is 0 Å². The zero-order valence-electron chi connectivity index (χ0n) is 26.5. The van der Waals surface area contributed by atoms with E-state index < -0.39 is 0 Å². The van der Waals surface area contributed by atoms with Gasteiger partial charge in [0, 0.05) is 30.1 Å². The number of carbonyl (C=O) groups excluding carboxylic acids is 1. The molecule has 2 saturated heterocycles. The molecule has 0 radical (unpaired) electrons. The Hall–Kier alpha value is -4.67. The molecule has 3 N–H and O–H groups in total. The molecule has 5 heterocycles. The second-order valence-electron chi connectivity index (χ2n) is 12.1. The third-order valence-corrected chi connectivity index (χ3v) is 9.38. The van der Waals surface area contributed by atoms with Crippen molar-refractivity contribution in [1.29, 1.82) is 0 Å². The SMILES string of the molecule is CCN(CC)C(C(=O)N1CCC[C@H]1c1ncc(-c2ccc(-c3ncc(-c4cnc([C@@H]5CCCN5)[nH]4)cn3)cc2)[nH]1)c1ccccc1. The van der Waals surface area contributed by atoms with Crippen LogP contribution in [0.5, 0.6) is 0 Å². The third kappa shape index (κ3) is 5.98. The minimum absolute atomic E-state index is 0.0745. The van der Waals surface area contributed by atoms with Crippen LogP contribution in [0.25, 0.3) is 33.9 Å². The Morgan fingerprint density at radius 3 is 2.17 bits per heavy atom. The van der Waals surface area contributed by atoms with Crippen LogP contribution in [0.15, 0.2) is 79.4 Å². The number of aromatic nitrogens is 6. The van der Waals surface area contributed by atoms with Crippen LogP contribution in [-0.2, 0) is 4.79 Å². The van der Waals surface area contributed by atoms with Gasteiger partial charge in [-0.1, -0.05) is 68.4 Å². The fourth-order valence-corrected chi connectivity index (χ4v) is 6.85. The minimum Gasteiger partial charge on any atom is -0.341 e. The van der Waals surface area contributed by atoms with Crippen molar-refractivity contribution < 1.29 is 4.79 Å². The topological polar surface area (TPSA) is 119 Å². The van der Waals surface area contributed by atoms with Gasteiger partial charge in [-0.2, -0.15) is 0 Å². The zero-order chi connectivity index (χ0) is 31.5. The van der Waals surface area contributed by atoms with Gasteiger partial charge >= 0.3 is 0 Å². The number of amides is 1. The van der Waals surface area contributed by atoms with E-state index in [1.807, 2.05) is 60.0 Å². The molecule has 2 aliphatic heterocycles. The van der Waals surface area contributed by atoms with Gasteiger partial charge in [-0.05, 0) is 56.4 Å². The Morgan fingerprint density at radius 1 is 0.804 bits per heavy atom. The summed E-state index contributed by atoms with van der Waals surface area (Å²) in [5.74, 6) is 2.61. The van der Waals surface area contributed by atoms with Crippen molar-refractivity contribution in [3.8, 4) is 33.9 Å². The minimum atomic E-state index is -0.304. The van der Waals surface area contributed by atoms with Gasteiger partial charge in [-0.25, -0.2) is 19.9 Å². The first-order chi connectivity index (χ1) is 22.6. The van der Waals surface area contributed by atoms with Crippen molar-refractivity contribution in [3.63, 3.8) is 0 Å². The van der Waals surface area contributed by atoms with Gasteiger partial charge in [0.15, 0.2) is 5.82 Å². The molecule has 46 heavy (non-hydrogen) atoms. The lowest BCUT2D eigenvalue weighted by atomic mass is 10.0. The maximum absolute atomic E-state index is 14.1. The molecule has 2 aromatic carbocycles. The Kier molecular flexibility index (Phi) is 8.72. The molecule has 1 unspecified atom stereocenters. The molecule has 0 saturated carbocycles. The summed E-state index contributed by atoms with van der Waals surface area (Å²) in [5.41, 5.74) is 5.75. The number of imidazole rings is 2. The van der Waals surface area contributed by atoms with E-state index in [1.165, 1.54) is 6.42 Å². The maximum atomic E-state index is 14.1. The van der Waals surface area contributed by atoms with E-state index in [0.717, 1.165) is 90.7 Å². The van der Waals surface area contributed by atoms with Gasteiger partial charge in [0.1, 0.15) is 17.7 Å². The summed E-state index contributed by atoms with van der Waals surface area (Å²) in [4.78, 5) is 44.0. The Labute approximate surface area is 269 Å². The van der Waals surface area contributed by atoms with E-state index in [0.29, 0.717) is 11.9 Å². The highest BCUT2D eigenvalue weighted by Crippen LogP contribution is 2.35. The molecule has 10 heteroatoms. The Balaban J connectivity index is 1.05. The summed E-state index contributed by atoms with van der Waals surface area (Å²) in [6.07, 6.45) is 11.5. The largest absolute Gasteiger partial charge is 0.341 e. The first kappa shape index (κ1) is 30.0. The quantitative estimate of drug-likeness (QED) is 0.174. The van der Waals surface area contributed by atoms with Crippen LogP contribution < -0.4 is 5.32 Å². The van der Waals surface area contributed by atoms with Crippen LogP contribution in [0.2, 0.25) is 0 Å². The molecule has 5 aromatic rings. The van der Waals surface area contributed by atoms with Crippen molar-refractivity contribution >= 4 is 5.91 Å². The van der Waals surface area contributed by atoms with E-state index in [-0.39, 0.29) is 18.0 Å². The summed E-state index contributed by atoms with van der Waals surface area (Å²) < 4.78 is 0. The molecule has 10 nitrogen and oxygen atoms in total. The summed E-state index contributed by atoms with van der Waals surface area (Å²) in [6, 6.07) is 18.2. The number of nitrogens with zero attached hydrogens (tertiary/aromatic N) is 6. The molecule has 0 aliphatic carbocycles. The number of carbonyl (C=O) groups is 1. The number of hydrogen-bond acceptors (Lipinski definition) is 7. The number of hydrogen-bond donors (Lipinski definition) is 3. The monoisotopic (exact) mass is 615 g/mol. The standard InChI is InChI=1S/C36H41N9O/c1-3-44(4-2)32(25-10-6-5-7-11-25)36(46)45-19-9-13-31(45)35-41-22-29(43-35)24-14-16-26(17-15-24)33-38-20-27(21-39-33)30-23-40-34(42-30)28-12-8-18-37-28/h5-7,10-11,14-17,20-23,28,31-32,37H,3-4,8-9,12-13,18-19H2,1-2H3,(H,40,42)(H,41,43)/t28-,31-,32?/m0/s1. The highest BCUT2D eigenvalue weighted by atomic mass is 16.2. The van der Waals surface area contributed by atoms with Crippen LogP contribution in [0, 0.1) is 0 Å². The summed E-state index contributed by atoms with van der Waals surface area (Å²) >= 11 is 0. The van der Waals surface area contributed by atoms with Crippen molar-refractivity contribution in [2.45, 2.75) is 57.7 Å². The number of benzene rings is 2. The van der Waals surface area contributed by atoms with Gasteiger partial charge in [-0.3, -0.25) is 9.69 Å². The van der Waals surface area contributed by atoms with Gasteiger partial charge < -0.3 is 20.2 Å². The van der Waals surface area contributed by atoms with Crippen LogP contribution >= 0.6 is 0 Å². The Morgan fingerprint density at radius 2 is 1.48 bits per heavy atom. The number of nitrogens with one attached hydrogen (secondary N) is 3. The van der Waals surface area contributed by atoms with Gasteiger partial charge in [-0.15, -0.1) is 0 Å². The summed E-state index contributed by atoms with van der Waals surface area (Å²) in [6.45, 7) is 7.61. The predicted octanol–water partition coefficient (Wildman–Crippen LogP) is 6.09. The molecule has 2 aliphatic rings. The van der Waals surface area contributed by atoms with E-state index in [2.05, 4.69) is 73.2 Å². The first-order valence-electron chi connectivity index (χ1n) is 16.5. The average molecular weight is 616 g/mol. The average Bonchev–Trinajstić information content (AvgIpc) is 3.94. The molecular formula is C36H41N9O. The normalized spacial score (nSPS) is 18.8. The van der Waals surface area contributed by atoms with Crippen molar-refractivity contribution in [1.82, 2.24) is 45.0 Å². The molecule has 3 aromatic heterocycles. The summed E-state index contributed by atoms with van der Waals surface area (Å²) in [7, 11) is 0. The van der Waals surface area contributed by atoms with Crippen molar-refractivity contribution in [2.24, 2.45) is 0 Å². The van der Waals surface area contributed by atoms with Crippen LogP contribution in [-0.4, -0.2) is 71.8 Å². The molecule has 2 fully saturated rings. The fourth-order valence-electron chi connectivity index (χ4n) is 6.85. The van der Waals surface area contributed by atoms with Gasteiger partial charge in [0.2, 0.25) is 5.91 Å². The first-order valence-corrected chi connectivity index (χ1v) is 16.5. The van der Waals surface area contributed by atoms with E-state index >= 15 is 0 Å². The number of rotatable bonds is 10. The van der Waals surface area contributed by atoms with Crippen LogP contribution in [0.4, 0.5) is 0 Å². The van der Waals surface area contributed by atoms with E-state index in [4.69, 9.17) is 4.98 Å². The number of H-pyrrole nitrogens is 2. The highest BCUT2D eigenvalue weighted by Gasteiger charge is 2.38. The van der Waals surface area contributed by atoms with Crippen molar-refractivity contribution in [3.05, 3.63) is 96.6 Å². The van der Waals surface area contributed by atoms with E-state index in [9.17, 15) is 4.79 Å². The molecule has 7 rings (SSSR count). The van der Waals surface area contributed by atoms with Crippen LogP contribution in [0.3, 0.4) is 0 Å². The second-order valence-corrected chi connectivity index (χ2v) is 12.1. The van der Waals surface area contributed by atoms with Crippen molar-refractivity contribution in [2.75, 3.05) is 26.2 Å². The van der Waals surface area contributed by atoms with Gasteiger partial charge in [0.25, 0.3) is 0 Å². The predicted molar refractivity (Wildman–Crippen MR) is 178 cm³/mol. The molecule has 1 amide bonds. The smallest absolute Gasteiger partial charge is 0.245 e. The molecular weight excluding hydrogens is 574 g/mol. The second kappa shape index (κ2) is 13.4. The fraction of sp³-hybridized carbons (Fsp3) is 0.361. The number of likely N-dealkylation sites (N-methyl/N-ethyl adjacent to an activating group) is 1. The maximum Gasteiger partial charge on any atom is 0.245 e. The number of aromatic amines is 2. The molecule has 3 atom stereocenters. The molecule has 0 spiro atoms. The Bertz CT molecular complexity index is 1740. The molecule has 236 valence electrons. The van der Waals surface area contributed by atoms with Gasteiger partial charge in [0.05, 0.1) is 35.9 Å². The highest BCUT2D eigenvalue weighted by molar-refractivity contribution is 5.84. The lowest BCUT2D eigenvalue weighted by molar-refractivity contribution is -0.138. The third-order valence-electron chi connectivity index (χ3n) is 9.38. The van der Waals surface area contributed by atoms with Crippen LogP contribution in [0.1, 0.15) is 74.9 Å².